The molecule has 3 heteroatoms. The first kappa shape index (κ1) is 12.8. The van der Waals surface area contributed by atoms with E-state index in [-0.39, 0.29) is 0 Å². The molecule has 94 valence electrons. The third-order valence-electron chi connectivity index (χ3n) is 3.22. The number of nitrogens with one attached hydrogen (secondary N) is 1. The first-order valence-corrected chi connectivity index (χ1v) is 7.32. The average Bonchev–Trinajstić information content (AvgIpc) is 2.34. The van der Waals surface area contributed by atoms with Crippen LogP contribution in [0.15, 0.2) is 23.1 Å². The number of hydrogen-bond acceptors (Lipinski definition) is 3. The van der Waals surface area contributed by atoms with Gasteiger partial charge in [-0.1, -0.05) is 26.0 Å². The molecule has 0 spiro atoms. The predicted octanol–water partition coefficient (Wildman–Crippen LogP) is 2.77. The van der Waals surface area contributed by atoms with Gasteiger partial charge in [0.25, 0.3) is 0 Å². The highest BCUT2D eigenvalue weighted by Gasteiger charge is 2.23. The van der Waals surface area contributed by atoms with Crippen LogP contribution < -0.4 is 10.2 Å². The van der Waals surface area contributed by atoms with Crippen LogP contribution in [-0.4, -0.2) is 31.9 Å². The summed E-state index contributed by atoms with van der Waals surface area (Å²) in [6.45, 7) is 7.88. The van der Waals surface area contributed by atoms with Crippen LogP contribution in [0.1, 0.15) is 19.4 Å². The molecule has 0 amide bonds. The molecule has 2 rings (SSSR count). The standard InChI is InChI=1S/C14H22N2S/c1-4-12-6-5-7-13-14(12)16(9-8-15-3)10-11(2)17-13/h5-7,11,15H,4,8-10H2,1-3H3. The fourth-order valence-electron chi connectivity index (χ4n) is 2.41. The van der Waals surface area contributed by atoms with E-state index in [2.05, 4.69) is 42.3 Å². The van der Waals surface area contributed by atoms with Gasteiger partial charge in [-0.3, -0.25) is 0 Å². The minimum absolute atomic E-state index is 0.687. The van der Waals surface area contributed by atoms with Gasteiger partial charge >= 0.3 is 0 Å². The number of thioether (sulfide) groups is 1. The van der Waals surface area contributed by atoms with E-state index in [1.54, 1.807) is 0 Å². The van der Waals surface area contributed by atoms with Crippen LogP contribution in [0.3, 0.4) is 0 Å². The van der Waals surface area contributed by atoms with Crippen molar-refractivity contribution in [1.82, 2.24) is 5.32 Å². The minimum atomic E-state index is 0.687. The van der Waals surface area contributed by atoms with Crippen LogP contribution >= 0.6 is 11.8 Å². The molecule has 1 N–H and O–H groups in total. The zero-order valence-electron chi connectivity index (χ0n) is 11.0. The van der Waals surface area contributed by atoms with Gasteiger partial charge in [0.1, 0.15) is 0 Å². The van der Waals surface area contributed by atoms with Crippen LogP contribution in [0.4, 0.5) is 5.69 Å². The number of fused-ring (bicyclic) bond motifs is 1. The SMILES string of the molecule is CCc1cccc2c1N(CCNC)CC(C)S2. The number of hydrogen-bond donors (Lipinski definition) is 1. The van der Waals surface area contributed by atoms with Crippen molar-refractivity contribution in [2.24, 2.45) is 0 Å². The molecule has 2 nitrogen and oxygen atoms in total. The molecule has 1 aliphatic heterocycles. The van der Waals surface area contributed by atoms with Gasteiger partial charge in [0.15, 0.2) is 0 Å². The highest BCUT2D eigenvalue weighted by molar-refractivity contribution is 8.00. The number of para-hydroxylation sites is 1. The normalized spacial score (nSPS) is 19.2. The van der Waals surface area contributed by atoms with Crippen molar-refractivity contribution in [1.29, 1.82) is 0 Å². The Morgan fingerprint density at radius 3 is 3.00 bits per heavy atom. The van der Waals surface area contributed by atoms with Gasteiger partial charge in [-0.05, 0) is 25.1 Å². The molecule has 1 aromatic rings. The molecule has 1 heterocycles. The van der Waals surface area contributed by atoms with E-state index in [9.17, 15) is 0 Å². The zero-order chi connectivity index (χ0) is 12.3. The number of aryl methyl sites for hydroxylation is 1. The van der Waals surface area contributed by atoms with E-state index in [1.807, 2.05) is 18.8 Å². The second kappa shape index (κ2) is 5.78. The van der Waals surface area contributed by atoms with Gasteiger partial charge in [0.2, 0.25) is 0 Å². The lowest BCUT2D eigenvalue weighted by molar-refractivity contribution is 0.700. The molecule has 0 saturated carbocycles. The van der Waals surface area contributed by atoms with E-state index in [1.165, 1.54) is 16.1 Å². The van der Waals surface area contributed by atoms with Gasteiger partial charge in [-0.25, -0.2) is 0 Å². The number of anilines is 1. The highest BCUT2D eigenvalue weighted by atomic mass is 32.2. The molecule has 0 aliphatic carbocycles. The number of benzene rings is 1. The summed E-state index contributed by atoms with van der Waals surface area (Å²) in [5.74, 6) is 0. The van der Waals surface area contributed by atoms with Crippen LogP contribution in [0.25, 0.3) is 0 Å². The predicted molar refractivity (Wildman–Crippen MR) is 77.3 cm³/mol. The Morgan fingerprint density at radius 1 is 1.47 bits per heavy atom. The summed E-state index contributed by atoms with van der Waals surface area (Å²) in [6, 6.07) is 6.72. The molecule has 17 heavy (non-hydrogen) atoms. The maximum Gasteiger partial charge on any atom is 0.0537 e. The molecule has 1 atom stereocenters. The third kappa shape index (κ3) is 2.78. The molecule has 0 radical (unpaired) electrons. The van der Waals surface area contributed by atoms with Crippen molar-refractivity contribution in [3.8, 4) is 0 Å². The third-order valence-corrected chi connectivity index (χ3v) is 4.35. The smallest absolute Gasteiger partial charge is 0.0537 e. The van der Waals surface area contributed by atoms with E-state index < -0.39 is 0 Å². The first-order valence-electron chi connectivity index (χ1n) is 6.44. The largest absolute Gasteiger partial charge is 0.368 e. The van der Waals surface area contributed by atoms with Crippen molar-refractivity contribution in [3.05, 3.63) is 23.8 Å². The molecule has 1 aliphatic rings. The van der Waals surface area contributed by atoms with Crippen molar-refractivity contribution >= 4 is 17.4 Å². The summed E-state index contributed by atoms with van der Waals surface area (Å²) in [7, 11) is 2.02. The second-order valence-electron chi connectivity index (χ2n) is 4.60. The van der Waals surface area contributed by atoms with E-state index in [0.29, 0.717) is 5.25 Å². The monoisotopic (exact) mass is 250 g/mol. The maximum atomic E-state index is 3.25. The molecular weight excluding hydrogens is 228 g/mol. The first-order chi connectivity index (χ1) is 8.26. The lowest BCUT2D eigenvalue weighted by Crippen LogP contribution is -2.38. The van der Waals surface area contributed by atoms with E-state index >= 15 is 0 Å². The number of nitrogens with zero attached hydrogens (tertiary/aromatic N) is 1. The summed E-state index contributed by atoms with van der Waals surface area (Å²) in [4.78, 5) is 4.01. The Hall–Kier alpha value is -0.670. The lowest BCUT2D eigenvalue weighted by atomic mass is 10.1. The summed E-state index contributed by atoms with van der Waals surface area (Å²) in [5, 5.41) is 3.94. The fraction of sp³-hybridized carbons (Fsp3) is 0.571. The van der Waals surface area contributed by atoms with Gasteiger partial charge in [0.05, 0.1) is 5.69 Å². The molecule has 1 unspecified atom stereocenters. The molecule has 0 bridgehead atoms. The molecule has 0 saturated heterocycles. The van der Waals surface area contributed by atoms with Gasteiger partial charge in [-0.2, -0.15) is 0 Å². The topological polar surface area (TPSA) is 15.3 Å². The van der Waals surface area contributed by atoms with Crippen LogP contribution in [0.5, 0.6) is 0 Å². The van der Waals surface area contributed by atoms with Crippen molar-refractivity contribution in [2.45, 2.75) is 30.4 Å². The number of likely N-dealkylation sites (N-methyl/N-ethyl adjacent to an activating group) is 1. The average molecular weight is 250 g/mol. The van der Waals surface area contributed by atoms with Gasteiger partial charge in [-0.15, -0.1) is 11.8 Å². The van der Waals surface area contributed by atoms with Crippen LogP contribution in [0.2, 0.25) is 0 Å². The van der Waals surface area contributed by atoms with Crippen molar-refractivity contribution in [3.63, 3.8) is 0 Å². The minimum Gasteiger partial charge on any atom is -0.368 e. The van der Waals surface area contributed by atoms with E-state index in [4.69, 9.17) is 0 Å². The maximum absolute atomic E-state index is 3.25. The molecule has 0 fully saturated rings. The molecule has 1 aromatic carbocycles. The Labute approximate surface area is 109 Å². The summed E-state index contributed by atoms with van der Waals surface area (Å²) >= 11 is 2.02. The number of rotatable bonds is 4. The van der Waals surface area contributed by atoms with Crippen LogP contribution in [0, 0.1) is 0 Å². The summed E-state index contributed by atoms with van der Waals surface area (Å²) in [6.07, 6.45) is 1.12. The van der Waals surface area contributed by atoms with E-state index in [0.717, 1.165) is 26.1 Å². The Balaban J connectivity index is 2.31. The summed E-state index contributed by atoms with van der Waals surface area (Å²) < 4.78 is 0. The Bertz CT molecular complexity index is 378. The molecule has 0 aromatic heterocycles. The summed E-state index contributed by atoms with van der Waals surface area (Å²) in [5.41, 5.74) is 2.96. The van der Waals surface area contributed by atoms with Crippen molar-refractivity contribution in [2.75, 3.05) is 31.6 Å². The van der Waals surface area contributed by atoms with Crippen LogP contribution in [-0.2, 0) is 6.42 Å². The fourth-order valence-corrected chi connectivity index (χ4v) is 3.63. The zero-order valence-corrected chi connectivity index (χ0v) is 11.8. The highest BCUT2D eigenvalue weighted by Crippen LogP contribution is 2.40. The Morgan fingerprint density at radius 2 is 2.29 bits per heavy atom. The lowest BCUT2D eigenvalue weighted by Gasteiger charge is -2.36. The van der Waals surface area contributed by atoms with Gasteiger partial charge < -0.3 is 10.2 Å². The Kier molecular flexibility index (Phi) is 4.35. The van der Waals surface area contributed by atoms with Crippen molar-refractivity contribution < 1.29 is 0 Å². The quantitative estimate of drug-likeness (QED) is 0.884. The van der Waals surface area contributed by atoms with Gasteiger partial charge in [0, 0.05) is 29.8 Å². The second-order valence-corrected chi connectivity index (χ2v) is 6.08. The molecular formula is C14H22N2S.